The van der Waals surface area contributed by atoms with E-state index in [1.807, 2.05) is 26.8 Å². The topological polar surface area (TPSA) is 26.0 Å². The summed E-state index contributed by atoms with van der Waals surface area (Å²) < 4.78 is 0.991. The van der Waals surface area contributed by atoms with Crippen LogP contribution in [0.3, 0.4) is 0 Å². The van der Waals surface area contributed by atoms with Gasteiger partial charge in [-0.3, -0.25) is 0 Å². The Bertz CT molecular complexity index is 233. The highest BCUT2D eigenvalue weighted by atomic mass is 79.9. The van der Waals surface area contributed by atoms with Gasteiger partial charge in [0.05, 0.1) is 0 Å². The van der Waals surface area contributed by atoms with E-state index in [1.165, 1.54) is 5.56 Å². The van der Waals surface area contributed by atoms with Crippen molar-refractivity contribution in [3.05, 3.63) is 27.7 Å². The number of anilines is 1. The second kappa shape index (κ2) is 5.20. The molecule has 2 heteroatoms. The van der Waals surface area contributed by atoms with Gasteiger partial charge in [0, 0.05) is 10.2 Å². The van der Waals surface area contributed by atoms with E-state index in [9.17, 15) is 0 Å². The lowest BCUT2D eigenvalue weighted by Gasteiger charge is -2.03. The number of rotatable bonds is 0. The molecule has 0 bridgehead atoms. The van der Waals surface area contributed by atoms with Crippen molar-refractivity contribution in [3.63, 3.8) is 0 Å². The van der Waals surface area contributed by atoms with E-state index in [4.69, 9.17) is 5.73 Å². The average Bonchev–Trinajstić information content (AvgIpc) is 2.04. The Morgan fingerprint density at radius 1 is 1.17 bits per heavy atom. The molecule has 0 saturated heterocycles. The minimum atomic E-state index is 0.839. The van der Waals surface area contributed by atoms with E-state index in [0.29, 0.717) is 0 Å². The number of hydrogen-bond acceptors (Lipinski definition) is 1. The maximum absolute atomic E-state index is 5.70. The molecule has 0 aromatic heterocycles. The van der Waals surface area contributed by atoms with Gasteiger partial charge in [0.25, 0.3) is 0 Å². The van der Waals surface area contributed by atoms with Gasteiger partial charge in [0.2, 0.25) is 0 Å². The predicted octanol–water partition coefficient (Wildman–Crippen LogP) is 3.67. The fourth-order valence-corrected chi connectivity index (χ4v) is 1.60. The summed E-state index contributed by atoms with van der Waals surface area (Å²) in [6.45, 7) is 8.06. The Labute approximate surface area is 83.1 Å². The molecule has 0 radical (unpaired) electrons. The minimum Gasteiger partial charge on any atom is -0.398 e. The first-order valence-corrected chi connectivity index (χ1v) is 4.93. The van der Waals surface area contributed by atoms with Crippen LogP contribution in [0.4, 0.5) is 5.69 Å². The smallest absolute Gasteiger partial charge is 0.0488 e. The summed E-state index contributed by atoms with van der Waals surface area (Å²) >= 11 is 3.37. The Morgan fingerprint density at radius 2 is 1.67 bits per heavy atom. The van der Waals surface area contributed by atoms with Crippen LogP contribution < -0.4 is 5.73 Å². The Balaban J connectivity index is 0.000000561. The largest absolute Gasteiger partial charge is 0.398 e. The number of aryl methyl sites for hydroxylation is 2. The van der Waals surface area contributed by atoms with E-state index in [1.54, 1.807) is 0 Å². The van der Waals surface area contributed by atoms with Gasteiger partial charge in [0.1, 0.15) is 0 Å². The van der Waals surface area contributed by atoms with Gasteiger partial charge in [-0.25, -0.2) is 0 Å². The predicted molar refractivity (Wildman–Crippen MR) is 59.4 cm³/mol. The van der Waals surface area contributed by atoms with Gasteiger partial charge in [-0.15, -0.1) is 0 Å². The number of nitrogen functional groups attached to an aromatic ring is 1. The molecule has 12 heavy (non-hydrogen) atoms. The van der Waals surface area contributed by atoms with Crippen LogP contribution in [0.5, 0.6) is 0 Å². The molecule has 0 amide bonds. The molecule has 68 valence electrons. The summed E-state index contributed by atoms with van der Waals surface area (Å²) in [5.74, 6) is 0. The minimum absolute atomic E-state index is 0.839. The third kappa shape index (κ3) is 2.86. The highest BCUT2D eigenvalue weighted by Gasteiger charge is 1.98. The van der Waals surface area contributed by atoms with Crippen molar-refractivity contribution in [2.75, 3.05) is 5.73 Å². The summed E-state index contributed by atoms with van der Waals surface area (Å²) in [5, 5.41) is 0. The molecule has 0 saturated carbocycles. The molecule has 1 nitrogen and oxygen atoms in total. The molecular weight excluding hydrogens is 214 g/mol. The van der Waals surface area contributed by atoms with E-state index < -0.39 is 0 Å². The van der Waals surface area contributed by atoms with Gasteiger partial charge >= 0.3 is 0 Å². The first kappa shape index (κ1) is 11.5. The zero-order valence-corrected chi connectivity index (χ0v) is 9.70. The van der Waals surface area contributed by atoms with Gasteiger partial charge in [-0.1, -0.05) is 19.9 Å². The maximum Gasteiger partial charge on any atom is 0.0488 e. The van der Waals surface area contributed by atoms with Crippen LogP contribution in [0.15, 0.2) is 16.6 Å². The van der Waals surface area contributed by atoms with Crippen LogP contribution in [-0.4, -0.2) is 0 Å². The van der Waals surface area contributed by atoms with E-state index in [-0.39, 0.29) is 0 Å². The zero-order chi connectivity index (χ0) is 9.72. The van der Waals surface area contributed by atoms with Gasteiger partial charge < -0.3 is 5.73 Å². The normalized spacial score (nSPS) is 8.75. The Kier molecular flexibility index (Phi) is 4.98. The van der Waals surface area contributed by atoms with Crippen molar-refractivity contribution in [2.24, 2.45) is 0 Å². The van der Waals surface area contributed by atoms with Crippen LogP contribution >= 0.6 is 15.9 Å². The average molecular weight is 230 g/mol. The quantitative estimate of drug-likeness (QED) is 0.676. The molecule has 0 aliphatic heterocycles. The fourth-order valence-electron chi connectivity index (χ4n) is 0.927. The molecule has 0 unspecified atom stereocenters. The fraction of sp³-hybridized carbons (Fsp3) is 0.400. The van der Waals surface area contributed by atoms with Gasteiger partial charge in [-0.2, -0.15) is 0 Å². The molecule has 1 rings (SSSR count). The number of benzene rings is 1. The number of halogens is 1. The van der Waals surface area contributed by atoms with Crippen molar-refractivity contribution in [1.82, 2.24) is 0 Å². The van der Waals surface area contributed by atoms with E-state index in [2.05, 4.69) is 28.9 Å². The molecule has 0 fully saturated rings. The molecule has 0 aliphatic rings. The highest BCUT2D eigenvalue weighted by Crippen LogP contribution is 2.23. The van der Waals surface area contributed by atoms with Crippen molar-refractivity contribution in [2.45, 2.75) is 27.7 Å². The number of nitrogens with two attached hydrogens (primary N) is 1. The first-order chi connectivity index (χ1) is 5.61. The van der Waals surface area contributed by atoms with Crippen LogP contribution in [0, 0.1) is 13.8 Å². The van der Waals surface area contributed by atoms with Crippen molar-refractivity contribution >= 4 is 21.6 Å². The summed E-state index contributed by atoms with van der Waals surface area (Å²) in [4.78, 5) is 0. The molecular formula is C10H16BrN. The first-order valence-electron chi connectivity index (χ1n) is 4.13. The van der Waals surface area contributed by atoms with Crippen molar-refractivity contribution in [1.29, 1.82) is 0 Å². The summed E-state index contributed by atoms with van der Waals surface area (Å²) in [5.41, 5.74) is 8.91. The lowest BCUT2D eigenvalue weighted by molar-refractivity contribution is 1.37. The third-order valence-electron chi connectivity index (χ3n) is 1.48. The van der Waals surface area contributed by atoms with Crippen LogP contribution in [0.25, 0.3) is 0 Å². The second-order valence-corrected chi connectivity index (χ2v) is 3.33. The standard InChI is InChI=1S/C8H10BrN.C2H6/c1-5-3-6(2)8(10)7(9)4-5;1-2/h3-4H,10H2,1-2H3;1-2H3. The maximum atomic E-state index is 5.70. The monoisotopic (exact) mass is 229 g/mol. The summed E-state index contributed by atoms with van der Waals surface area (Å²) in [6.07, 6.45) is 0. The van der Waals surface area contributed by atoms with E-state index in [0.717, 1.165) is 15.7 Å². The molecule has 0 spiro atoms. The second-order valence-electron chi connectivity index (χ2n) is 2.48. The Morgan fingerprint density at radius 3 is 2.08 bits per heavy atom. The lowest BCUT2D eigenvalue weighted by Crippen LogP contribution is -1.91. The van der Waals surface area contributed by atoms with Crippen molar-refractivity contribution < 1.29 is 0 Å². The summed E-state index contributed by atoms with van der Waals surface area (Å²) in [7, 11) is 0. The van der Waals surface area contributed by atoms with Gasteiger partial charge in [0.15, 0.2) is 0 Å². The van der Waals surface area contributed by atoms with Crippen LogP contribution in [0.1, 0.15) is 25.0 Å². The molecule has 2 N–H and O–H groups in total. The third-order valence-corrected chi connectivity index (χ3v) is 2.14. The molecule has 0 atom stereocenters. The molecule has 1 aromatic rings. The summed E-state index contributed by atoms with van der Waals surface area (Å²) in [6, 6.07) is 4.09. The van der Waals surface area contributed by atoms with Crippen LogP contribution in [0.2, 0.25) is 0 Å². The van der Waals surface area contributed by atoms with E-state index >= 15 is 0 Å². The zero-order valence-electron chi connectivity index (χ0n) is 8.11. The highest BCUT2D eigenvalue weighted by molar-refractivity contribution is 9.10. The molecule has 0 heterocycles. The van der Waals surface area contributed by atoms with Crippen molar-refractivity contribution in [3.8, 4) is 0 Å². The SMILES string of the molecule is CC.Cc1cc(C)c(N)c(Br)c1. The van der Waals surface area contributed by atoms with Gasteiger partial charge in [-0.05, 0) is 47.0 Å². The lowest BCUT2D eigenvalue weighted by atomic mass is 10.1. The molecule has 0 aliphatic carbocycles. The molecule has 1 aromatic carbocycles. The number of hydrogen-bond donors (Lipinski definition) is 1. The Hall–Kier alpha value is -0.500. The van der Waals surface area contributed by atoms with Crippen LogP contribution in [-0.2, 0) is 0 Å².